The molecule has 3 rings (SSSR count). The van der Waals surface area contributed by atoms with Crippen molar-refractivity contribution in [3.63, 3.8) is 0 Å². The minimum Gasteiger partial charge on any atom is -0.383 e. The maximum atomic E-state index is 12.5. The fourth-order valence-electron chi connectivity index (χ4n) is 2.68. The summed E-state index contributed by atoms with van der Waals surface area (Å²) in [6, 6.07) is 13.5. The number of hydrogen-bond acceptors (Lipinski definition) is 4. The predicted molar refractivity (Wildman–Crippen MR) is 102 cm³/mol. The van der Waals surface area contributed by atoms with E-state index in [4.69, 9.17) is 11.0 Å². The summed E-state index contributed by atoms with van der Waals surface area (Å²) in [5.74, 6) is 0.0343. The van der Waals surface area contributed by atoms with Crippen molar-refractivity contribution < 1.29 is 4.79 Å². The van der Waals surface area contributed by atoms with Gasteiger partial charge in [-0.15, -0.1) is 0 Å². The summed E-state index contributed by atoms with van der Waals surface area (Å²) in [6.07, 6.45) is 4.62. The van der Waals surface area contributed by atoms with Crippen LogP contribution in [0.1, 0.15) is 29.8 Å². The van der Waals surface area contributed by atoms with Crippen LogP contribution in [0.3, 0.4) is 0 Å². The number of amides is 1. The number of carbonyl (C=O) groups is 1. The van der Waals surface area contributed by atoms with Gasteiger partial charge in [-0.1, -0.05) is 18.2 Å². The van der Waals surface area contributed by atoms with Crippen LogP contribution in [0.2, 0.25) is 0 Å². The minimum absolute atomic E-state index is 0.112. The molecule has 0 radical (unpaired) electrons. The Kier molecular flexibility index (Phi) is 4.72. The lowest BCUT2D eigenvalue weighted by Gasteiger charge is -2.22. The van der Waals surface area contributed by atoms with Crippen molar-refractivity contribution in [2.24, 2.45) is 0 Å². The van der Waals surface area contributed by atoms with E-state index in [0.717, 1.165) is 16.6 Å². The second-order valence-electron chi connectivity index (χ2n) is 6.08. The van der Waals surface area contributed by atoms with Gasteiger partial charge in [0.1, 0.15) is 11.9 Å². The summed E-state index contributed by atoms with van der Waals surface area (Å²) in [5.41, 5.74) is 8.56. The molecule has 26 heavy (non-hydrogen) atoms. The highest BCUT2D eigenvalue weighted by Crippen LogP contribution is 2.23. The number of nitrogens with two attached hydrogens (primary N) is 1. The third kappa shape index (κ3) is 3.42. The lowest BCUT2D eigenvalue weighted by molar-refractivity contribution is -0.126. The number of carbonyl (C=O) groups excluding carboxylic acids is 1. The van der Waals surface area contributed by atoms with Crippen LogP contribution < -0.4 is 5.73 Å². The molecule has 0 aliphatic carbocycles. The third-order valence-corrected chi connectivity index (χ3v) is 4.41. The van der Waals surface area contributed by atoms with Crippen molar-refractivity contribution in [3.8, 4) is 6.07 Å². The molecule has 130 valence electrons. The van der Waals surface area contributed by atoms with Crippen molar-refractivity contribution in [1.82, 2.24) is 14.9 Å². The number of anilines is 1. The standard InChI is InChI=1S/C20H19N5O/c1-13(18-10-15-5-3-4-6-17(15)24-18)25(2)19(26)8-7-14-9-16(11-21)20(22)23-12-14/h3-10,12-13,24H,1-2H3,(H2,22,23). The SMILES string of the molecule is CC(c1cc2ccccc2[nH]1)N(C)C(=O)C=Cc1cnc(N)c(C#N)c1. The number of H-pyrrole nitrogens is 1. The fourth-order valence-corrected chi connectivity index (χ4v) is 2.68. The molecular formula is C20H19N5O. The molecule has 0 saturated carbocycles. The maximum Gasteiger partial charge on any atom is 0.246 e. The highest BCUT2D eigenvalue weighted by Gasteiger charge is 2.17. The molecule has 0 bridgehead atoms. The molecule has 0 aliphatic rings. The number of aromatic nitrogens is 2. The van der Waals surface area contributed by atoms with Gasteiger partial charge in [0.2, 0.25) is 5.91 Å². The molecule has 6 heteroatoms. The first-order valence-corrected chi connectivity index (χ1v) is 8.17. The normalized spacial score (nSPS) is 12.2. The summed E-state index contributed by atoms with van der Waals surface area (Å²) >= 11 is 0. The van der Waals surface area contributed by atoms with E-state index in [1.807, 2.05) is 37.3 Å². The van der Waals surface area contributed by atoms with Gasteiger partial charge in [0.05, 0.1) is 11.6 Å². The summed E-state index contributed by atoms with van der Waals surface area (Å²) in [6.45, 7) is 1.97. The Balaban J connectivity index is 1.75. The minimum atomic E-state index is -0.147. The average Bonchev–Trinajstić information content (AvgIpc) is 3.10. The summed E-state index contributed by atoms with van der Waals surface area (Å²) in [7, 11) is 1.75. The van der Waals surface area contributed by atoms with E-state index in [2.05, 4.69) is 16.0 Å². The van der Waals surface area contributed by atoms with Crippen LogP contribution in [0, 0.1) is 11.3 Å². The van der Waals surface area contributed by atoms with Crippen molar-refractivity contribution >= 4 is 28.7 Å². The van der Waals surface area contributed by atoms with Gasteiger partial charge in [-0.25, -0.2) is 4.98 Å². The van der Waals surface area contributed by atoms with E-state index in [1.54, 1.807) is 24.1 Å². The number of hydrogen-bond donors (Lipinski definition) is 2. The molecule has 3 N–H and O–H groups in total. The highest BCUT2D eigenvalue weighted by atomic mass is 16.2. The van der Waals surface area contributed by atoms with Crippen molar-refractivity contribution in [2.75, 3.05) is 12.8 Å². The van der Waals surface area contributed by atoms with Crippen molar-refractivity contribution in [3.05, 3.63) is 65.5 Å². The number of benzene rings is 1. The molecule has 2 aromatic heterocycles. The molecule has 1 atom stereocenters. The second kappa shape index (κ2) is 7.11. The predicted octanol–water partition coefficient (Wildman–Crippen LogP) is 3.25. The molecule has 6 nitrogen and oxygen atoms in total. The largest absolute Gasteiger partial charge is 0.383 e. The molecule has 1 unspecified atom stereocenters. The first kappa shape index (κ1) is 17.2. The number of aromatic amines is 1. The Morgan fingerprint density at radius 1 is 1.38 bits per heavy atom. The molecule has 0 aliphatic heterocycles. The third-order valence-electron chi connectivity index (χ3n) is 4.41. The van der Waals surface area contributed by atoms with Crippen molar-refractivity contribution in [2.45, 2.75) is 13.0 Å². The van der Waals surface area contributed by atoms with Crippen LogP contribution in [0.4, 0.5) is 5.82 Å². The number of rotatable bonds is 4. The van der Waals surface area contributed by atoms with Gasteiger partial charge in [0.25, 0.3) is 0 Å². The Morgan fingerprint density at radius 2 is 2.15 bits per heavy atom. The number of nitriles is 1. The Hall–Kier alpha value is -3.59. The quantitative estimate of drug-likeness (QED) is 0.709. The highest BCUT2D eigenvalue weighted by molar-refractivity contribution is 5.92. The Labute approximate surface area is 151 Å². The Morgan fingerprint density at radius 3 is 2.88 bits per heavy atom. The number of likely N-dealkylation sites (N-methyl/N-ethyl adjacent to an activating group) is 1. The molecule has 0 spiro atoms. The second-order valence-corrected chi connectivity index (χ2v) is 6.08. The number of nitrogen functional groups attached to an aromatic ring is 1. The lowest BCUT2D eigenvalue weighted by Crippen LogP contribution is -2.28. The molecule has 1 amide bonds. The molecule has 0 saturated heterocycles. The molecule has 0 fully saturated rings. The number of fused-ring (bicyclic) bond motifs is 1. The maximum absolute atomic E-state index is 12.5. The molecular weight excluding hydrogens is 326 g/mol. The van der Waals surface area contributed by atoms with E-state index in [-0.39, 0.29) is 17.8 Å². The van der Waals surface area contributed by atoms with Crippen LogP contribution >= 0.6 is 0 Å². The number of nitrogens with zero attached hydrogens (tertiary/aromatic N) is 3. The topological polar surface area (TPSA) is 98.8 Å². The van der Waals surface area contributed by atoms with E-state index in [0.29, 0.717) is 11.1 Å². The van der Waals surface area contributed by atoms with Gasteiger partial charge >= 0.3 is 0 Å². The van der Waals surface area contributed by atoms with E-state index < -0.39 is 0 Å². The average molecular weight is 345 g/mol. The molecule has 3 aromatic rings. The van der Waals surface area contributed by atoms with Gasteiger partial charge in [-0.05, 0) is 42.1 Å². The van der Waals surface area contributed by atoms with Crippen molar-refractivity contribution in [1.29, 1.82) is 5.26 Å². The summed E-state index contributed by atoms with van der Waals surface area (Å²) < 4.78 is 0. The van der Waals surface area contributed by atoms with Crippen LogP contribution in [0.5, 0.6) is 0 Å². The lowest BCUT2D eigenvalue weighted by atomic mass is 10.1. The van der Waals surface area contributed by atoms with Gasteiger partial charge < -0.3 is 15.6 Å². The van der Waals surface area contributed by atoms with Crippen LogP contribution in [-0.2, 0) is 4.79 Å². The van der Waals surface area contributed by atoms with Gasteiger partial charge in [0.15, 0.2) is 0 Å². The van der Waals surface area contributed by atoms with Crippen LogP contribution in [0.15, 0.2) is 48.7 Å². The zero-order valence-electron chi connectivity index (χ0n) is 14.6. The number of nitrogens with one attached hydrogen (secondary N) is 1. The van der Waals surface area contributed by atoms with Gasteiger partial charge in [-0.3, -0.25) is 4.79 Å². The van der Waals surface area contributed by atoms with Crippen LogP contribution in [0.25, 0.3) is 17.0 Å². The fraction of sp³-hybridized carbons (Fsp3) is 0.150. The molecule has 2 heterocycles. The first-order chi connectivity index (χ1) is 12.5. The van der Waals surface area contributed by atoms with E-state index in [1.165, 1.54) is 12.3 Å². The Bertz CT molecular complexity index is 995. The zero-order chi connectivity index (χ0) is 18.7. The number of para-hydroxylation sites is 1. The zero-order valence-corrected chi connectivity index (χ0v) is 14.6. The summed E-state index contributed by atoms with van der Waals surface area (Å²) in [4.78, 5) is 21.4. The number of pyridine rings is 1. The van der Waals surface area contributed by atoms with Gasteiger partial charge in [0, 0.05) is 30.5 Å². The molecule has 1 aromatic carbocycles. The smallest absolute Gasteiger partial charge is 0.246 e. The first-order valence-electron chi connectivity index (χ1n) is 8.17. The van der Waals surface area contributed by atoms with E-state index in [9.17, 15) is 4.79 Å². The van der Waals surface area contributed by atoms with Gasteiger partial charge in [-0.2, -0.15) is 5.26 Å². The van der Waals surface area contributed by atoms with E-state index >= 15 is 0 Å². The summed E-state index contributed by atoms with van der Waals surface area (Å²) in [5, 5.41) is 10.1. The van der Waals surface area contributed by atoms with Crippen LogP contribution in [-0.4, -0.2) is 27.8 Å². The monoisotopic (exact) mass is 345 g/mol.